The highest BCUT2D eigenvalue weighted by molar-refractivity contribution is 5.70. The van der Waals surface area contributed by atoms with Crippen molar-refractivity contribution in [3.63, 3.8) is 0 Å². The average molecular weight is 196 g/mol. The Hall–Kier alpha value is -0.530. The Morgan fingerprint density at radius 1 is 0.929 bits per heavy atom. The Morgan fingerprint density at radius 3 is 2.36 bits per heavy atom. The van der Waals surface area contributed by atoms with Crippen molar-refractivity contribution in [3.05, 3.63) is 0 Å². The molecule has 0 radical (unpaired) electrons. The smallest absolute Gasteiger partial charge is 0.306 e. The third kappa shape index (κ3) is 2.10. The van der Waals surface area contributed by atoms with Gasteiger partial charge in [0.15, 0.2) is 0 Å². The average Bonchev–Trinajstić information content (AvgIpc) is 2.41. The van der Waals surface area contributed by atoms with Crippen LogP contribution < -0.4 is 0 Å². The number of carbonyl (C=O) groups is 1. The molecule has 0 bridgehead atoms. The minimum atomic E-state index is -0.562. The van der Waals surface area contributed by atoms with Gasteiger partial charge < -0.3 is 5.11 Å². The van der Waals surface area contributed by atoms with E-state index in [0.717, 1.165) is 24.7 Å². The maximum Gasteiger partial charge on any atom is 0.306 e. The fourth-order valence-electron chi connectivity index (χ4n) is 3.27. The highest BCUT2D eigenvalue weighted by Gasteiger charge is 2.33. The summed E-state index contributed by atoms with van der Waals surface area (Å²) in [7, 11) is 0. The minimum Gasteiger partial charge on any atom is -0.481 e. The summed E-state index contributed by atoms with van der Waals surface area (Å²) in [4.78, 5) is 10.9. The SMILES string of the molecule is O=C(O)C1CC[C@H]2CCCCC[C@@H]2C1. The highest BCUT2D eigenvalue weighted by atomic mass is 16.4. The van der Waals surface area contributed by atoms with Crippen molar-refractivity contribution in [1.29, 1.82) is 0 Å². The first kappa shape index (κ1) is 10.0. The van der Waals surface area contributed by atoms with Crippen molar-refractivity contribution in [2.75, 3.05) is 0 Å². The van der Waals surface area contributed by atoms with E-state index in [1.807, 2.05) is 0 Å². The van der Waals surface area contributed by atoms with E-state index in [0.29, 0.717) is 0 Å². The van der Waals surface area contributed by atoms with Gasteiger partial charge >= 0.3 is 5.97 Å². The van der Waals surface area contributed by atoms with Crippen LogP contribution in [-0.4, -0.2) is 11.1 Å². The molecule has 0 aromatic carbocycles. The summed E-state index contributed by atoms with van der Waals surface area (Å²) < 4.78 is 0. The van der Waals surface area contributed by atoms with Gasteiger partial charge in [-0.25, -0.2) is 0 Å². The monoisotopic (exact) mass is 196 g/mol. The molecule has 80 valence electrons. The van der Waals surface area contributed by atoms with Gasteiger partial charge in [-0.15, -0.1) is 0 Å². The predicted molar refractivity (Wildman–Crippen MR) is 55.0 cm³/mol. The molecule has 2 nitrogen and oxygen atoms in total. The van der Waals surface area contributed by atoms with E-state index in [4.69, 9.17) is 5.11 Å². The summed E-state index contributed by atoms with van der Waals surface area (Å²) in [6, 6.07) is 0. The van der Waals surface area contributed by atoms with Gasteiger partial charge in [0.1, 0.15) is 0 Å². The molecule has 2 heteroatoms. The molecule has 2 rings (SSSR count). The van der Waals surface area contributed by atoms with Crippen molar-refractivity contribution in [2.45, 2.75) is 51.4 Å². The summed E-state index contributed by atoms with van der Waals surface area (Å²) in [5.41, 5.74) is 0. The van der Waals surface area contributed by atoms with Crippen LogP contribution in [0.4, 0.5) is 0 Å². The topological polar surface area (TPSA) is 37.3 Å². The van der Waals surface area contributed by atoms with Gasteiger partial charge in [0.05, 0.1) is 5.92 Å². The quantitative estimate of drug-likeness (QED) is 0.699. The number of hydrogen-bond donors (Lipinski definition) is 1. The van der Waals surface area contributed by atoms with E-state index in [9.17, 15) is 4.79 Å². The van der Waals surface area contributed by atoms with Crippen LogP contribution in [0.2, 0.25) is 0 Å². The first-order valence-corrected chi connectivity index (χ1v) is 6.00. The number of fused-ring (bicyclic) bond motifs is 1. The van der Waals surface area contributed by atoms with Crippen molar-refractivity contribution in [1.82, 2.24) is 0 Å². The van der Waals surface area contributed by atoms with Gasteiger partial charge in [-0.1, -0.05) is 32.1 Å². The summed E-state index contributed by atoms with van der Waals surface area (Å²) in [5, 5.41) is 9.00. The minimum absolute atomic E-state index is 0.0330. The van der Waals surface area contributed by atoms with Gasteiger partial charge in [0.25, 0.3) is 0 Å². The molecule has 0 heterocycles. The first-order chi connectivity index (χ1) is 6.77. The third-order valence-corrected chi connectivity index (χ3v) is 4.14. The normalized spacial score (nSPS) is 38.4. The van der Waals surface area contributed by atoms with Gasteiger partial charge in [-0.3, -0.25) is 4.79 Å². The van der Waals surface area contributed by atoms with Crippen LogP contribution in [0, 0.1) is 17.8 Å². The highest BCUT2D eigenvalue weighted by Crippen LogP contribution is 2.41. The van der Waals surface area contributed by atoms with Crippen LogP contribution in [0.3, 0.4) is 0 Å². The molecule has 0 aromatic heterocycles. The first-order valence-electron chi connectivity index (χ1n) is 6.00. The second-order valence-corrected chi connectivity index (χ2v) is 5.01. The summed E-state index contributed by atoms with van der Waals surface area (Å²) >= 11 is 0. The Bertz CT molecular complexity index is 212. The molecule has 2 aliphatic rings. The molecule has 14 heavy (non-hydrogen) atoms. The number of carboxylic acids is 1. The Balaban J connectivity index is 1.96. The lowest BCUT2D eigenvalue weighted by atomic mass is 9.72. The molecule has 0 aliphatic heterocycles. The van der Waals surface area contributed by atoms with Crippen LogP contribution in [0.25, 0.3) is 0 Å². The summed E-state index contributed by atoms with van der Waals surface area (Å²) in [6.45, 7) is 0. The maximum atomic E-state index is 10.9. The van der Waals surface area contributed by atoms with E-state index in [1.165, 1.54) is 38.5 Å². The molecule has 2 aliphatic carbocycles. The van der Waals surface area contributed by atoms with E-state index < -0.39 is 5.97 Å². The van der Waals surface area contributed by atoms with Crippen molar-refractivity contribution in [3.8, 4) is 0 Å². The molecule has 2 saturated carbocycles. The molecule has 0 saturated heterocycles. The number of rotatable bonds is 1. The van der Waals surface area contributed by atoms with Crippen LogP contribution in [0.1, 0.15) is 51.4 Å². The van der Waals surface area contributed by atoms with E-state index in [-0.39, 0.29) is 5.92 Å². The predicted octanol–water partition coefficient (Wildman–Crippen LogP) is 3.07. The number of hydrogen-bond acceptors (Lipinski definition) is 1. The van der Waals surface area contributed by atoms with E-state index in [1.54, 1.807) is 0 Å². The van der Waals surface area contributed by atoms with Gasteiger partial charge in [0, 0.05) is 0 Å². The standard InChI is InChI=1S/C12H20O2/c13-12(14)11-7-6-9-4-2-1-3-5-10(9)8-11/h9-11H,1-8H2,(H,13,14)/t9-,10-,11?/m1/s1. The summed E-state index contributed by atoms with van der Waals surface area (Å²) in [5.74, 6) is 0.988. The maximum absolute atomic E-state index is 10.9. The molecular formula is C12H20O2. The molecule has 0 aromatic rings. The lowest BCUT2D eigenvalue weighted by molar-refractivity contribution is -0.143. The van der Waals surface area contributed by atoms with Crippen LogP contribution in [0.5, 0.6) is 0 Å². The zero-order chi connectivity index (χ0) is 9.97. The lowest BCUT2D eigenvalue weighted by Gasteiger charge is -2.33. The molecular weight excluding hydrogens is 176 g/mol. The van der Waals surface area contributed by atoms with Crippen LogP contribution in [0.15, 0.2) is 0 Å². The molecule has 0 spiro atoms. The fraction of sp³-hybridized carbons (Fsp3) is 0.917. The Kier molecular flexibility index (Phi) is 3.09. The second-order valence-electron chi connectivity index (χ2n) is 5.01. The van der Waals surface area contributed by atoms with Crippen molar-refractivity contribution >= 4 is 5.97 Å². The van der Waals surface area contributed by atoms with Crippen LogP contribution >= 0.6 is 0 Å². The summed E-state index contributed by atoms with van der Waals surface area (Å²) in [6.07, 6.45) is 9.76. The lowest BCUT2D eigenvalue weighted by Crippen LogP contribution is -2.28. The molecule has 3 atom stereocenters. The van der Waals surface area contributed by atoms with Gasteiger partial charge in [-0.05, 0) is 31.1 Å². The number of aliphatic carboxylic acids is 1. The zero-order valence-corrected chi connectivity index (χ0v) is 8.74. The molecule has 2 fully saturated rings. The molecule has 0 amide bonds. The van der Waals surface area contributed by atoms with Gasteiger partial charge in [-0.2, -0.15) is 0 Å². The Labute approximate surface area is 85.7 Å². The van der Waals surface area contributed by atoms with Crippen LogP contribution in [-0.2, 0) is 4.79 Å². The van der Waals surface area contributed by atoms with Crippen molar-refractivity contribution in [2.24, 2.45) is 17.8 Å². The van der Waals surface area contributed by atoms with E-state index in [2.05, 4.69) is 0 Å². The zero-order valence-electron chi connectivity index (χ0n) is 8.74. The fourth-order valence-corrected chi connectivity index (χ4v) is 3.27. The molecule has 1 unspecified atom stereocenters. The Morgan fingerprint density at radius 2 is 1.64 bits per heavy atom. The second kappa shape index (κ2) is 4.33. The molecule has 1 N–H and O–H groups in total. The van der Waals surface area contributed by atoms with E-state index >= 15 is 0 Å². The number of carboxylic acid groups (broad SMARTS) is 1. The van der Waals surface area contributed by atoms with Gasteiger partial charge in [0.2, 0.25) is 0 Å². The third-order valence-electron chi connectivity index (χ3n) is 4.14. The largest absolute Gasteiger partial charge is 0.481 e. The van der Waals surface area contributed by atoms with Crippen molar-refractivity contribution < 1.29 is 9.90 Å².